The number of nitrogens with zero attached hydrogens (tertiary/aromatic N) is 3. The van der Waals surface area contributed by atoms with E-state index in [2.05, 4.69) is 22.3 Å². The zero-order chi connectivity index (χ0) is 25.1. The molecule has 1 saturated carbocycles. The van der Waals surface area contributed by atoms with Crippen LogP contribution < -0.4 is 5.32 Å². The van der Waals surface area contributed by atoms with Crippen LogP contribution in [0, 0.1) is 11.8 Å². The van der Waals surface area contributed by atoms with Gasteiger partial charge in [0.2, 0.25) is 0 Å². The first kappa shape index (κ1) is 23.1. The lowest BCUT2D eigenvalue weighted by Crippen LogP contribution is -2.18. The number of aromatic nitrogens is 3. The molecule has 8 heteroatoms. The Morgan fingerprint density at radius 3 is 2.72 bits per heavy atom. The van der Waals surface area contributed by atoms with Crippen LogP contribution in [-0.2, 0) is 21.3 Å². The first-order valence-electron chi connectivity index (χ1n) is 11.6. The molecule has 0 spiro atoms. The Labute approximate surface area is 208 Å². The summed E-state index contributed by atoms with van der Waals surface area (Å²) in [5, 5.41) is 8.02. The molecule has 2 aromatic heterocycles. The number of amides is 1. The van der Waals surface area contributed by atoms with E-state index in [0.717, 1.165) is 34.9 Å². The van der Waals surface area contributed by atoms with Gasteiger partial charge in [-0.1, -0.05) is 42.3 Å². The third-order valence-electron chi connectivity index (χ3n) is 6.09. The first-order chi connectivity index (χ1) is 17.5. The van der Waals surface area contributed by atoms with Gasteiger partial charge in [0.25, 0.3) is 6.47 Å². The van der Waals surface area contributed by atoms with Crippen LogP contribution >= 0.6 is 0 Å². The van der Waals surface area contributed by atoms with Gasteiger partial charge >= 0.3 is 6.09 Å². The molecule has 8 nitrogen and oxygen atoms in total. The summed E-state index contributed by atoms with van der Waals surface area (Å²) in [4.78, 5) is 28.0. The van der Waals surface area contributed by atoms with Crippen LogP contribution in [0.5, 0.6) is 0 Å². The van der Waals surface area contributed by atoms with Crippen LogP contribution in [0.3, 0.4) is 0 Å². The fourth-order valence-corrected chi connectivity index (χ4v) is 3.87. The number of fused-ring (bicyclic) bond motifs is 1. The second kappa shape index (κ2) is 9.55. The summed E-state index contributed by atoms with van der Waals surface area (Å²) >= 11 is 0. The maximum atomic E-state index is 12.6. The third kappa shape index (κ3) is 4.91. The van der Waals surface area contributed by atoms with Gasteiger partial charge < -0.3 is 9.47 Å². The minimum Gasteiger partial charge on any atom is -0.448 e. The smallest absolute Gasteiger partial charge is 0.413 e. The third-order valence-corrected chi connectivity index (χ3v) is 6.09. The summed E-state index contributed by atoms with van der Waals surface area (Å²) < 4.78 is 12.2. The zero-order valence-corrected chi connectivity index (χ0v) is 19.9. The van der Waals surface area contributed by atoms with Gasteiger partial charge in [-0.25, -0.2) is 9.78 Å². The number of aryl methyl sites for hydroxylation is 1. The standard InChI is InChI=1S/C28H24N4O4/c1-19(21-6-4-3-5-7-21)36-27(34)31-26-23(17-29-32(26)2)25-11-9-22-16-20(8-10-24(22)30-25)12-13-28(14-15-28)35-18-33/h3-11,16-19H,14-15H2,1-2H3,(H,31,34). The van der Waals surface area contributed by atoms with E-state index in [0.29, 0.717) is 23.5 Å². The molecule has 180 valence electrons. The Hall–Kier alpha value is -4.64. The van der Waals surface area contributed by atoms with Crippen molar-refractivity contribution in [2.75, 3.05) is 5.32 Å². The van der Waals surface area contributed by atoms with Gasteiger partial charge in [0, 0.05) is 30.8 Å². The second-order valence-electron chi connectivity index (χ2n) is 8.68. The Morgan fingerprint density at radius 1 is 1.17 bits per heavy atom. The molecule has 1 amide bonds. The van der Waals surface area contributed by atoms with Gasteiger partial charge in [0.05, 0.1) is 23.0 Å². The molecule has 1 fully saturated rings. The minimum atomic E-state index is -0.622. The van der Waals surface area contributed by atoms with Crippen molar-refractivity contribution in [1.29, 1.82) is 0 Å². The lowest BCUT2D eigenvalue weighted by molar-refractivity contribution is -0.132. The topological polar surface area (TPSA) is 95.3 Å². The van der Waals surface area contributed by atoms with E-state index in [9.17, 15) is 9.59 Å². The number of rotatable bonds is 6. The van der Waals surface area contributed by atoms with Crippen molar-refractivity contribution >= 4 is 29.3 Å². The van der Waals surface area contributed by atoms with E-state index < -0.39 is 17.8 Å². The van der Waals surface area contributed by atoms with Crippen LogP contribution in [0.1, 0.15) is 37.0 Å². The number of benzene rings is 2. The molecule has 1 aliphatic carbocycles. The van der Waals surface area contributed by atoms with E-state index >= 15 is 0 Å². The molecule has 0 aliphatic heterocycles. The van der Waals surface area contributed by atoms with E-state index in [1.165, 1.54) is 0 Å². The number of carbonyl (C=O) groups is 2. The molecule has 36 heavy (non-hydrogen) atoms. The molecule has 0 saturated heterocycles. The van der Waals surface area contributed by atoms with Crippen molar-refractivity contribution in [3.8, 4) is 23.1 Å². The Kier molecular flexibility index (Phi) is 6.13. The van der Waals surface area contributed by atoms with E-state index in [1.54, 1.807) is 17.9 Å². The van der Waals surface area contributed by atoms with E-state index in [-0.39, 0.29) is 0 Å². The summed E-state index contributed by atoms with van der Waals surface area (Å²) in [7, 11) is 1.74. The maximum Gasteiger partial charge on any atom is 0.413 e. The fraction of sp³-hybridized carbons (Fsp3) is 0.214. The molecule has 1 atom stereocenters. The van der Waals surface area contributed by atoms with Crippen molar-refractivity contribution < 1.29 is 19.1 Å². The molecule has 1 aliphatic rings. The number of pyridine rings is 1. The Balaban J connectivity index is 1.35. The van der Waals surface area contributed by atoms with Gasteiger partial charge in [0.15, 0.2) is 5.60 Å². The highest BCUT2D eigenvalue weighted by atomic mass is 16.6. The molecule has 1 N–H and O–H groups in total. The summed E-state index contributed by atoms with van der Waals surface area (Å²) in [6.07, 6.45) is 2.20. The zero-order valence-electron chi connectivity index (χ0n) is 19.9. The van der Waals surface area contributed by atoms with Crippen LogP contribution in [0.15, 0.2) is 66.9 Å². The lowest BCUT2D eigenvalue weighted by Gasteiger charge is -2.15. The van der Waals surface area contributed by atoms with E-state index in [1.807, 2.05) is 67.6 Å². The summed E-state index contributed by atoms with van der Waals surface area (Å²) in [5.74, 6) is 6.64. The van der Waals surface area contributed by atoms with Crippen molar-refractivity contribution in [3.63, 3.8) is 0 Å². The van der Waals surface area contributed by atoms with Crippen molar-refractivity contribution in [1.82, 2.24) is 14.8 Å². The van der Waals surface area contributed by atoms with Gasteiger partial charge in [0.1, 0.15) is 11.9 Å². The lowest BCUT2D eigenvalue weighted by atomic mass is 10.1. The molecule has 2 heterocycles. The maximum absolute atomic E-state index is 12.6. The summed E-state index contributed by atoms with van der Waals surface area (Å²) in [6.45, 7) is 2.28. The van der Waals surface area contributed by atoms with Gasteiger partial charge in [-0.15, -0.1) is 0 Å². The fourth-order valence-electron chi connectivity index (χ4n) is 3.87. The number of hydrogen-bond donors (Lipinski definition) is 1. The predicted molar refractivity (Wildman–Crippen MR) is 135 cm³/mol. The molecule has 0 bridgehead atoms. The highest BCUT2D eigenvalue weighted by Crippen LogP contribution is 2.38. The predicted octanol–water partition coefficient (Wildman–Crippen LogP) is 5.00. The molecular formula is C28H24N4O4. The largest absolute Gasteiger partial charge is 0.448 e. The Morgan fingerprint density at radius 2 is 1.97 bits per heavy atom. The number of nitrogens with one attached hydrogen (secondary N) is 1. The number of anilines is 1. The highest BCUT2D eigenvalue weighted by Gasteiger charge is 2.43. The summed E-state index contributed by atoms with van der Waals surface area (Å²) in [6, 6.07) is 19.1. The number of ether oxygens (including phenoxy) is 2. The second-order valence-corrected chi connectivity index (χ2v) is 8.68. The van der Waals surface area contributed by atoms with Crippen molar-refractivity contribution in [2.24, 2.45) is 7.05 Å². The quantitative estimate of drug-likeness (QED) is 0.308. The molecule has 2 aromatic carbocycles. The molecule has 0 radical (unpaired) electrons. The van der Waals surface area contributed by atoms with Crippen molar-refractivity contribution in [3.05, 3.63) is 78.0 Å². The molecule has 1 unspecified atom stereocenters. The first-order valence-corrected chi connectivity index (χ1v) is 11.6. The Bertz CT molecular complexity index is 1500. The van der Waals surface area contributed by atoms with Crippen LogP contribution in [0.25, 0.3) is 22.2 Å². The van der Waals surface area contributed by atoms with Crippen molar-refractivity contribution in [2.45, 2.75) is 31.5 Å². The number of hydrogen-bond acceptors (Lipinski definition) is 6. The van der Waals surface area contributed by atoms with E-state index in [4.69, 9.17) is 14.5 Å². The molecular weight excluding hydrogens is 456 g/mol. The average Bonchev–Trinajstić information content (AvgIpc) is 3.57. The van der Waals surface area contributed by atoms with Gasteiger partial charge in [-0.2, -0.15) is 5.10 Å². The SMILES string of the molecule is CC(OC(=O)Nc1c(-c2ccc3cc(C#CC4(OC=O)CC4)ccc3n2)cnn1C)c1ccccc1. The van der Waals surface area contributed by atoms with Crippen LogP contribution in [-0.4, -0.2) is 32.9 Å². The average molecular weight is 481 g/mol. The monoisotopic (exact) mass is 480 g/mol. The number of carbonyl (C=O) groups excluding carboxylic acids is 2. The summed E-state index contributed by atoms with van der Waals surface area (Å²) in [5.41, 5.74) is 3.21. The van der Waals surface area contributed by atoms with Gasteiger partial charge in [-0.05, 0) is 42.7 Å². The molecule has 5 rings (SSSR count). The minimum absolute atomic E-state index is 0.404. The van der Waals surface area contributed by atoms with Crippen LogP contribution in [0.4, 0.5) is 10.6 Å². The highest BCUT2D eigenvalue weighted by molar-refractivity contribution is 5.91. The molecule has 4 aromatic rings. The van der Waals surface area contributed by atoms with Crippen LogP contribution in [0.2, 0.25) is 0 Å². The normalized spacial score (nSPS) is 14.3. The van der Waals surface area contributed by atoms with Gasteiger partial charge in [-0.3, -0.25) is 14.8 Å².